The minimum Gasteiger partial charge on any atom is -0.379 e. The van der Waals surface area contributed by atoms with Gasteiger partial charge in [0.05, 0.1) is 18.6 Å². The highest BCUT2D eigenvalue weighted by Gasteiger charge is 2.10. The van der Waals surface area contributed by atoms with Gasteiger partial charge < -0.3 is 9.88 Å². The molecule has 0 unspecified atom stereocenters. The third-order valence-electron chi connectivity index (χ3n) is 3.84. The zero-order valence-corrected chi connectivity index (χ0v) is 11.5. The van der Waals surface area contributed by atoms with Crippen LogP contribution in [-0.4, -0.2) is 9.55 Å². The molecule has 0 aliphatic heterocycles. The van der Waals surface area contributed by atoms with Crippen molar-refractivity contribution in [1.82, 2.24) is 9.55 Å². The Morgan fingerprint density at radius 3 is 3.05 bits per heavy atom. The molecular weight excluding hydrogens is 234 g/mol. The lowest BCUT2D eigenvalue weighted by molar-refractivity contribution is 0.651. The van der Waals surface area contributed by atoms with Gasteiger partial charge in [0.2, 0.25) is 0 Å². The quantitative estimate of drug-likeness (QED) is 0.887. The first-order chi connectivity index (χ1) is 9.36. The highest BCUT2D eigenvalue weighted by Crippen LogP contribution is 2.25. The van der Waals surface area contributed by atoms with Crippen molar-refractivity contribution in [3.63, 3.8) is 0 Å². The first-order valence-corrected chi connectivity index (χ1v) is 7.21. The summed E-state index contributed by atoms with van der Waals surface area (Å²) in [6.45, 7) is 4.08. The first kappa shape index (κ1) is 12.3. The molecule has 2 aromatic rings. The maximum Gasteiger partial charge on any atom is 0.0948 e. The fourth-order valence-corrected chi connectivity index (χ4v) is 2.81. The van der Waals surface area contributed by atoms with E-state index in [4.69, 9.17) is 0 Å². The Balaban J connectivity index is 1.67. The Labute approximate surface area is 114 Å². The van der Waals surface area contributed by atoms with Gasteiger partial charge in [-0.3, -0.25) is 0 Å². The van der Waals surface area contributed by atoms with E-state index in [9.17, 15) is 0 Å². The standard InChI is InChI=1S/C16H21N3/c1-2-8-19-12-17-10-16(19)11-18-15-7-6-13-4-3-5-14(13)9-15/h6-7,9-10,12,18H,2-5,8,11H2,1H3. The van der Waals surface area contributed by atoms with Crippen LogP contribution in [0.4, 0.5) is 5.69 Å². The van der Waals surface area contributed by atoms with E-state index in [-0.39, 0.29) is 0 Å². The lowest BCUT2D eigenvalue weighted by Gasteiger charge is -2.10. The summed E-state index contributed by atoms with van der Waals surface area (Å²) in [5.41, 5.74) is 5.53. The molecule has 0 spiro atoms. The number of fused-ring (bicyclic) bond motifs is 1. The molecule has 0 saturated carbocycles. The van der Waals surface area contributed by atoms with Crippen LogP contribution in [0.3, 0.4) is 0 Å². The average Bonchev–Trinajstić information content (AvgIpc) is 3.05. The number of hydrogen-bond donors (Lipinski definition) is 1. The highest BCUT2D eigenvalue weighted by atomic mass is 15.1. The summed E-state index contributed by atoms with van der Waals surface area (Å²) in [6, 6.07) is 6.78. The van der Waals surface area contributed by atoms with E-state index >= 15 is 0 Å². The van der Waals surface area contributed by atoms with Gasteiger partial charge in [-0.25, -0.2) is 4.98 Å². The molecule has 0 atom stereocenters. The Hall–Kier alpha value is -1.77. The summed E-state index contributed by atoms with van der Waals surface area (Å²) in [7, 11) is 0. The van der Waals surface area contributed by atoms with Crippen molar-refractivity contribution in [1.29, 1.82) is 0 Å². The molecule has 19 heavy (non-hydrogen) atoms. The number of aryl methyl sites for hydroxylation is 3. The molecule has 0 fully saturated rings. The molecule has 0 saturated heterocycles. The lowest BCUT2D eigenvalue weighted by atomic mass is 10.1. The predicted octanol–water partition coefficient (Wildman–Crippen LogP) is 3.39. The molecule has 3 heteroatoms. The Morgan fingerprint density at radius 1 is 1.26 bits per heavy atom. The van der Waals surface area contributed by atoms with Gasteiger partial charge in [0.25, 0.3) is 0 Å². The number of aromatic nitrogens is 2. The molecule has 100 valence electrons. The topological polar surface area (TPSA) is 29.9 Å². The molecule has 1 aromatic carbocycles. The molecule has 1 N–H and O–H groups in total. The van der Waals surface area contributed by atoms with Crippen molar-refractivity contribution in [2.45, 2.75) is 45.7 Å². The third kappa shape index (κ3) is 2.65. The largest absolute Gasteiger partial charge is 0.379 e. The van der Waals surface area contributed by atoms with Crippen molar-refractivity contribution in [3.05, 3.63) is 47.5 Å². The van der Waals surface area contributed by atoms with Crippen molar-refractivity contribution >= 4 is 5.69 Å². The van der Waals surface area contributed by atoms with Crippen LogP contribution in [0.2, 0.25) is 0 Å². The Kier molecular flexibility index (Phi) is 3.53. The Bertz CT molecular complexity index is 557. The van der Waals surface area contributed by atoms with Crippen LogP contribution in [0.25, 0.3) is 0 Å². The minimum absolute atomic E-state index is 0.846. The number of anilines is 1. The first-order valence-electron chi connectivity index (χ1n) is 7.21. The van der Waals surface area contributed by atoms with E-state index in [0.29, 0.717) is 0 Å². The second-order valence-electron chi connectivity index (χ2n) is 5.27. The van der Waals surface area contributed by atoms with Crippen molar-refractivity contribution in [3.8, 4) is 0 Å². The van der Waals surface area contributed by atoms with Crippen LogP contribution in [0.1, 0.15) is 36.6 Å². The predicted molar refractivity (Wildman–Crippen MR) is 78.3 cm³/mol. The van der Waals surface area contributed by atoms with Crippen LogP contribution >= 0.6 is 0 Å². The zero-order valence-electron chi connectivity index (χ0n) is 11.5. The van der Waals surface area contributed by atoms with Gasteiger partial charge in [-0.1, -0.05) is 13.0 Å². The fraction of sp³-hybridized carbons (Fsp3) is 0.438. The third-order valence-corrected chi connectivity index (χ3v) is 3.84. The smallest absolute Gasteiger partial charge is 0.0948 e. The molecule has 1 aliphatic carbocycles. The number of hydrogen-bond acceptors (Lipinski definition) is 2. The van der Waals surface area contributed by atoms with Gasteiger partial charge in [-0.05, 0) is 48.9 Å². The monoisotopic (exact) mass is 255 g/mol. The molecule has 1 aromatic heterocycles. The number of imidazole rings is 1. The average molecular weight is 255 g/mol. The summed E-state index contributed by atoms with van der Waals surface area (Å²) in [5.74, 6) is 0. The van der Waals surface area contributed by atoms with Crippen LogP contribution in [-0.2, 0) is 25.9 Å². The summed E-state index contributed by atoms with van der Waals surface area (Å²) < 4.78 is 2.22. The van der Waals surface area contributed by atoms with Crippen molar-refractivity contribution < 1.29 is 0 Å². The molecule has 3 rings (SSSR count). The van der Waals surface area contributed by atoms with E-state index in [1.807, 2.05) is 12.5 Å². The summed E-state index contributed by atoms with van der Waals surface area (Å²) in [6.07, 6.45) is 8.81. The Morgan fingerprint density at radius 2 is 2.16 bits per heavy atom. The maximum absolute atomic E-state index is 4.23. The van der Waals surface area contributed by atoms with E-state index in [2.05, 4.69) is 40.0 Å². The SMILES string of the molecule is CCCn1cncc1CNc1ccc2c(c1)CCC2. The number of benzene rings is 1. The zero-order chi connectivity index (χ0) is 13.1. The highest BCUT2D eigenvalue weighted by molar-refractivity contribution is 5.50. The van der Waals surface area contributed by atoms with Crippen molar-refractivity contribution in [2.24, 2.45) is 0 Å². The number of nitrogens with one attached hydrogen (secondary N) is 1. The fourth-order valence-electron chi connectivity index (χ4n) is 2.81. The second kappa shape index (κ2) is 5.47. The summed E-state index contributed by atoms with van der Waals surface area (Å²) >= 11 is 0. The van der Waals surface area contributed by atoms with Gasteiger partial charge in [-0.2, -0.15) is 0 Å². The molecule has 0 radical (unpaired) electrons. The molecule has 1 aliphatic rings. The minimum atomic E-state index is 0.846. The van der Waals surface area contributed by atoms with Crippen LogP contribution in [0.5, 0.6) is 0 Å². The van der Waals surface area contributed by atoms with Gasteiger partial charge >= 0.3 is 0 Å². The van der Waals surface area contributed by atoms with Crippen molar-refractivity contribution in [2.75, 3.05) is 5.32 Å². The molecular formula is C16H21N3. The second-order valence-corrected chi connectivity index (χ2v) is 5.27. The van der Waals surface area contributed by atoms with Gasteiger partial charge in [0.1, 0.15) is 0 Å². The van der Waals surface area contributed by atoms with Gasteiger partial charge in [0.15, 0.2) is 0 Å². The van der Waals surface area contributed by atoms with Gasteiger partial charge in [-0.15, -0.1) is 0 Å². The normalized spacial score (nSPS) is 13.5. The summed E-state index contributed by atoms with van der Waals surface area (Å²) in [4.78, 5) is 4.23. The number of rotatable bonds is 5. The molecule has 1 heterocycles. The van der Waals surface area contributed by atoms with Gasteiger partial charge in [0, 0.05) is 18.4 Å². The molecule has 0 bridgehead atoms. The number of nitrogens with zero attached hydrogens (tertiary/aromatic N) is 2. The van der Waals surface area contributed by atoms with E-state index < -0.39 is 0 Å². The van der Waals surface area contributed by atoms with E-state index in [0.717, 1.165) is 19.5 Å². The molecule has 3 nitrogen and oxygen atoms in total. The van der Waals surface area contributed by atoms with E-state index in [1.54, 1.807) is 0 Å². The van der Waals surface area contributed by atoms with Crippen LogP contribution in [0.15, 0.2) is 30.7 Å². The van der Waals surface area contributed by atoms with E-state index in [1.165, 1.54) is 41.8 Å². The maximum atomic E-state index is 4.23. The van der Waals surface area contributed by atoms with Crippen LogP contribution < -0.4 is 5.32 Å². The van der Waals surface area contributed by atoms with Crippen LogP contribution in [0, 0.1) is 0 Å². The molecule has 0 amide bonds. The summed E-state index contributed by atoms with van der Waals surface area (Å²) in [5, 5.41) is 3.51. The lowest BCUT2D eigenvalue weighted by Crippen LogP contribution is -2.07.